The molecule has 2 amide bonds. The first-order valence-electron chi connectivity index (χ1n) is 8.97. The first kappa shape index (κ1) is 15.9. The minimum Gasteiger partial charge on any atom is -0.338 e. The topological polar surface area (TPSA) is 40.6 Å². The number of carbonyl (C=O) groups excluding carboxylic acids is 2. The van der Waals surface area contributed by atoms with Crippen LogP contribution in [0.3, 0.4) is 0 Å². The summed E-state index contributed by atoms with van der Waals surface area (Å²) in [6.07, 6.45) is 6.05. The average Bonchev–Trinajstić information content (AvgIpc) is 3.33. The van der Waals surface area contributed by atoms with E-state index in [1.165, 1.54) is 0 Å². The summed E-state index contributed by atoms with van der Waals surface area (Å²) in [4.78, 5) is 30.1. The van der Waals surface area contributed by atoms with Gasteiger partial charge in [-0.2, -0.15) is 0 Å². The minimum absolute atomic E-state index is 0.0339. The summed E-state index contributed by atoms with van der Waals surface area (Å²) in [5, 5.41) is 0.619. The molecule has 0 radical (unpaired) electrons. The highest BCUT2D eigenvalue weighted by molar-refractivity contribution is 6.31. The van der Waals surface area contributed by atoms with Crippen molar-refractivity contribution < 1.29 is 9.59 Å². The van der Waals surface area contributed by atoms with E-state index in [1.54, 1.807) is 0 Å². The summed E-state index contributed by atoms with van der Waals surface area (Å²) in [5.74, 6) is 0.229. The number of hydrogen-bond donors (Lipinski definition) is 0. The standard InChI is InChI=1S/C19H23ClN2O2/c20-16-6-2-1-5-14(16)13-17(23)22-12-4-10-19(22)9-3-11-21(18(19)24)15-7-8-15/h1-2,5-6,15H,3-4,7-13H2. The van der Waals surface area contributed by atoms with Crippen LogP contribution in [0.5, 0.6) is 0 Å². The first-order chi connectivity index (χ1) is 11.6. The van der Waals surface area contributed by atoms with E-state index in [0.717, 1.165) is 50.6 Å². The van der Waals surface area contributed by atoms with Crippen molar-refractivity contribution in [3.63, 3.8) is 0 Å². The smallest absolute Gasteiger partial charge is 0.248 e. The molecule has 1 aromatic rings. The molecule has 3 aliphatic rings. The third kappa shape index (κ3) is 2.61. The van der Waals surface area contributed by atoms with Gasteiger partial charge in [-0.15, -0.1) is 0 Å². The van der Waals surface area contributed by atoms with Crippen LogP contribution in [0.2, 0.25) is 5.02 Å². The van der Waals surface area contributed by atoms with E-state index in [-0.39, 0.29) is 18.2 Å². The number of benzene rings is 1. The Morgan fingerprint density at radius 2 is 1.88 bits per heavy atom. The van der Waals surface area contributed by atoms with Gasteiger partial charge in [0.25, 0.3) is 0 Å². The highest BCUT2D eigenvalue weighted by atomic mass is 35.5. The Morgan fingerprint density at radius 3 is 2.58 bits per heavy atom. The Balaban J connectivity index is 1.56. The number of piperidine rings is 1. The van der Waals surface area contributed by atoms with Crippen LogP contribution in [0.15, 0.2) is 24.3 Å². The van der Waals surface area contributed by atoms with Gasteiger partial charge in [-0.05, 0) is 50.2 Å². The lowest BCUT2D eigenvalue weighted by molar-refractivity contribution is -0.155. The van der Waals surface area contributed by atoms with Gasteiger partial charge < -0.3 is 9.80 Å². The largest absolute Gasteiger partial charge is 0.338 e. The second-order valence-electron chi connectivity index (χ2n) is 7.28. The summed E-state index contributed by atoms with van der Waals surface area (Å²) in [7, 11) is 0. The molecule has 2 saturated heterocycles. The fourth-order valence-corrected chi connectivity index (χ4v) is 4.58. The van der Waals surface area contributed by atoms with Gasteiger partial charge in [0, 0.05) is 24.2 Å². The van der Waals surface area contributed by atoms with Gasteiger partial charge in [0.15, 0.2) is 0 Å². The number of amides is 2. The van der Waals surface area contributed by atoms with Gasteiger partial charge in [0.2, 0.25) is 11.8 Å². The number of hydrogen-bond acceptors (Lipinski definition) is 2. The van der Waals surface area contributed by atoms with E-state index >= 15 is 0 Å². The molecule has 4 rings (SSSR count). The summed E-state index contributed by atoms with van der Waals surface area (Å²) < 4.78 is 0. The summed E-state index contributed by atoms with van der Waals surface area (Å²) in [6, 6.07) is 7.89. The Hall–Kier alpha value is -1.55. The maximum absolute atomic E-state index is 13.2. The van der Waals surface area contributed by atoms with Crippen LogP contribution < -0.4 is 0 Å². The lowest BCUT2D eigenvalue weighted by atomic mass is 9.85. The Bertz CT molecular complexity index is 673. The van der Waals surface area contributed by atoms with Crippen LogP contribution in [0, 0.1) is 0 Å². The lowest BCUT2D eigenvalue weighted by Gasteiger charge is -2.45. The normalized spacial score (nSPS) is 27.1. The molecule has 1 aliphatic carbocycles. The number of carbonyl (C=O) groups is 2. The van der Waals surface area contributed by atoms with Gasteiger partial charge in [0.1, 0.15) is 5.54 Å². The van der Waals surface area contributed by atoms with Crippen molar-refractivity contribution in [1.82, 2.24) is 9.80 Å². The molecule has 1 saturated carbocycles. The van der Waals surface area contributed by atoms with Crippen LogP contribution in [-0.4, -0.2) is 46.3 Å². The van der Waals surface area contributed by atoms with Crippen LogP contribution >= 0.6 is 11.6 Å². The summed E-state index contributed by atoms with van der Waals surface area (Å²) in [5.41, 5.74) is 0.257. The second-order valence-corrected chi connectivity index (χ2v) is 7.69. The molecule has 0 aromatic heterocycles. The van der Waals surface area contributed by atoms with Crippen molar-refractivity contribution in [2.24, 2.45) is 0 Å². The molecule has 2 aliphatic heterocycles. The first-order valence-corrected chi connectivity index (χ1v) is 9.34. The molecule has 0 bridgehead atoms. The zero-order valence-electron chi connectivity index (χ0n) is 13.8. The zero-order valence-corrected chi connectivity index (χ0v) is 14.6. The SMILES string of the molecule is O=C(Cc1ccccc1Cl)N1CCCC12CCCN(C1CC1)C2=O. The van der Waals surface area contributed by atoms with Crippen LogP contribution in [0.4, 0.5) is 0 Å². The molecule has 1 spiro atoms. The van der Waals surface area contributed by atoms with Crippen molar-refractivity contribution in [3.05, 3.63) is 34.9 Å². The quantitative estimate of drug-likeness (QED) is 0.844. The Kier molecular flexibility index (Phi) is 4.03. The van der Waals surface area contributed by atoms with E-state index in [4.69, 9.17) is 11.6 Å². The van der Waals surface area contributed by atoms with Gasteiger partial charge in [-0.1, -0.05) is 29.8 Å². The van der Waals surface area contributed by atoms with Crippen molar-refractivity contribution in [2.45, 2.75) is 56.5 Å². The molecule has 5 heteroatoms. The van der Waals surface area contributed by atoms with E-state index in [1.807, 2.05) is 34.1 Å². The van der Waals surface area contributed by atoms with Crippen LogP contribution in [0.1, 0.15) is 44.1 Å². The van der Waals surface area contributed by atoms with Crippen molar-refractivity contribution in [1.29, 1.82) is 0 Å². The third-order valence-corrected chi connectivity index (χ3v) is 6.09. The Labute approximate surface area is 147 Å². The lowest BCUT2D eigenvalue weighted by Crippen LogP contribution is -2.62. The monoisotopic (exact) mass is 346 g/mol. The van der Waals surface area contributed by atoms with Crippen molar-refractivity contribution in [3.8, 4) is 0 Å². The molecule has 1 atom stereocenters. The second kappa shape index (κ2) is 6.07. The van der Waals surface area contributed by atoms with Crippen molar-refractivity contribution in [2.75, 3.05) is 13.1 Å². The fraction of sp³-hybridized carbons (Fsp3) is 0.579. The van der Waals surface area contributed by atoms with E-state index in [2.05, 4.69) is 0 Å². The fourth-order valence-electron chi connectivity index (χ4n) is 4.38. The molecule has 128 valence electrons. The average molecular weight is 347 g/mol. The van der Waals surface area contributed by atoms with E-state index < -0.39 is 5.54 Å². The van der Waals surface area contributed by atoms with E-state index in [0.29, 0.717) is 17.6 Å². The van der Waals surface area contributed by atoms with Gasteiger partial charge in [0.05, 0.1) is 6.42 Å². The van der Waals surface area contributed by atoms with Gasteiger partial charge >= 0.3 is 0 Å². The highest BCUT2D eigenvalue weighted by Crippen LogP contribution is 2.42. The predicted octanol–water partition coefficient (Wildman–Crippen LogP) is 3.03. The minimum atomic E-state index is -0.584. The Morgan fingerprint density at radius 1 is 1.17 bits per heavy atom. The molecular weight excluding hydrogens is 324 g/mol. The van der Waals surface area contributed by atoms with Gasteiger partial charge in [-0.25, -0.2) is 0 Å². The third-order valence-electron chi connectivity index (χ3n) is 5.73. The molecule has 1 unspecified atom stereocenters. The molecular formula is C19H23ClN2O2. The number of nitrogens with zero attached hydrogens (tertiary/aromatic N) is 2. The van der Waals surface area contributed by atoms with Crippen LogP contribution in [-0.2, 0) is 16.0 Å². The maximum Gasteiger partial charge on any atom is 0.248 e. The molecule has 0 N–H and O–H groups in total. The molecule has 24 heavy (non-hydrogen) atoms. The molecule has 2 heterocycles. The van der Waals surface area contributed by atoms with Gasteiger partial charge in [-0.3, -0.25) is 9.59 Å². The van der Waals surface area contributed by atoms with Crippen molar-refractivity contribution >= 4 is 23.4 Å². The summed E-state index contributed by atoms with van der Waals surface area (Å²) in [6.45, 7) is 1.55. The maximum atomic E-state index is 13.2. The number of halogens is 1. The molecule has 4 nitrogen and oxygen atoms in total. The predicted molar refractivity (Wildman–Crippen MR) is 92.8 cm³/mol. The number of likely N-dealkylation sites (tertiary alicyclic amines) is 2. The number of rotatable bonds is 3. The zero-order chi connectivity index (χ0) is 16.7. The van der Waals surface area contributed by atoms with Crippen LogP contribution in [0.25, 0.3) is 0 Å². The molecule has 3 fully saturated rings. The summed E-state index contributed by atoms with van der Waals surface area (Å²) >= 11 is 6.21. The van der Waals surface area contributed by atoms with E-state index in [9.17, 15) is 9.59 Å². The molecule has 1 aromatic carbocycles. The highest BCUT2D eigenvalue weighted by Gasteiger charge is 2.54.